The lowest BCUT2D eigenvalue weighted by atomic mass is 10.1. The predicted molar refractivity (Wildman–Crippen MR) is 89.7 cm³/mol. The molecule has 0 radical (unpaired) electrons. The highest BCUT2D eigenvalue weighted by atomic mass is 15.2. The van der Waals surface area contributed by atoms with Crippen LogP contribution in [0.25, 0.3) is 10.8 Å². The summed E-state index contributed by atoms with van der Waals surface area (Å²) < 4.78 is 0. The Balaban J connectivity index is 1.90. The van der Waals surface area contributed by atoms with Gasteiger partial charge in [-0.1, -0.05) is 38.1 Å². The second-order valence-corrected chi connectivity index (χ2v) is 6.52. The van der Waals surface area contributed by atoms with Crippen molar-refractivity contribution < 1.29 is 0 Å². The topological polar surface area (TPSA) is 28.2 Å². The summed E-state index contributed by atoms with van der Waals surface area (Å²) in [6.45, 7) is 6.39. The molecule has 0 unspecified atom stereocenters. The quantitative estimate of drug-likeness (QED) is 0.878. The van der Waals surface area contributed by atoms with E-state index >= 15 is 0 Å². The van der Waals surface area contributed by atoms with Gasteiger partial charge >= 0.3 is 0 Å². The van der Waals surface area contributed by atoms with Gasteiger partial charge in [0.2, 0.25) is 0 Å². The van der Waals surface area contributed by atoms with Gasteiger partial charge in [-0.05, 0) is 36.3 Å². The van der Waals surface area contributed by atoms with Crippen molar-refractivity contribution in [2.45, 2.75) is 39.3 Å². The molecular formula is C18H25N3. The van der Waals surface area contributed by atoms with E-state index in [0.717, 1.165) is 18.9 Å². The zero-order chi connectivity index (χ0) is 14.8. The van der Waals surface area contributed by atoms with Crippen molar-refractivity contribution in [2.24, 2.45) is 5.92 Å². The normalized spacial score (nSPS) is 14.9. The second-order valence-electron chi connectivity index (χ2n) is 6.52. The lowest BCUT2D eigenvalue weighted by Crippen LogP contribution is -2.22. The summed E-state index contributed by atoms with van der Waals surface area (Å²) in [6.07, 6.45) is 4.64. The Kier molecular flexibility index (Phi) is 4.11. The molecule has 1 aliphatic carbocycles. The first kappa shape index (κ1) is 14.3. The zero-order valence-electron chi connectivity index (χ0n) is 13.3. The Morgan fingerprint density at radius 1 is 1.24 bits per heavy atom. The van der Waals surface area contributed by atoms with Crippen LogP contribution in [0.4, 0.5) is 5.82 Å². The maximum atomic E-state index is 4.75. The van der Waals surface area contributed by atoms with Gasteiger partial charge in [-0.15, -0.1) is 0 Å². The van der Waals surface area contributed by atoms with Crippen LogP contribution in [0.1, 0.15) is 32.3 Å². The predicted octanol–water partition coefficient (Wildman–Crippen LogP) is 3.58. The molecule has 0 spiro atoms. The lowest BCUT2D eigenvalue weighted by Gasteiger charge is -2.20. The maximum absolute atomic E-state index is 4.75. The average Bonchev–Trinajstić information content (AvgIpc) is 3.31. The molecule has 2 aromatic rings. The van der Waals surface area contributed by atoms with E-state index in [-0.39, 0.29) is 0 Å². The van der Waals surface area contributed by atoms with E-state index < -0.39 is 0 Å². The molecule has 0 bridgehead atoms. The molecule has 0 amide bonds. The van der Waals surface area contributed by atoms with Crippen LogP contribution in [0.3, 0.4) is 0 Å². The summed E-state index contributed by atoms with van der Waals surface area (Å²) >= 11 is 0. The van der Waals surface area contributed by atoms with Crippen LogP contribution in [0.15, 0.2) is 30.5 Å². The smallest absolute Gasteiger partial charge is 0.136 e. The van der Waals surface area contributed by atoms with Crippen LogP contribution in [0.2, 0.25) is 0 Å². The number of hydrogen-bond donors (Lipinski definition) is 1. The maximum Gasteiger partial charge on any atom is 0.136 e. The number of pyridine rings is 1. The molecule has 3 nitrogen and oxygen atoms in total. The monoisotopic (exact) mass is 283 g/mol. The summed E-state index contributed by atoms with van der Waals surface area (Å²) in [5.41, 5.74) is 1.29. The highest BCUT2D eigenvalue weighted by molar-refractivity contribution is 5.94. The van der Waals surface area contributed by atoms with Gasteiger partial charge < -0.3 is 10.2 Å². The van der Waals surface area contributed by atoms with Crippen LogP contribution >= 0.6 is 0 Å². The molecule has 1 heterocycles. The molecule has 3 heteroatoms. The van der Waals surface area contributed by atoms with Crippen molar-refractivity contribution >= 4 is 16.6 Å². The molecule has 1 N–H and O–H groups in total. The number of rotatable bonds is 6. The average molecular weight is 283 g/mol. The van der Waals surface area contributed by atoms with Gasteiger partial charge in [-0.2, -0.15) is 0 Å². The first-order valence-electron chi connectivity index (χ1n) is 7.97. The van der Waals surface area contributed by atoms with Gasteiger partial charge in [0.25, 0.3) is 0 Å². The number of benzene rings is 1. The van der Waals surface area contributed by atoms with Crippen molar-refractivity contribution in [3.05, 3.63) is 36.0 Å². The standard InChI is InChI=1S/C18H25N3/c1-13(2)10-19-11-14-12-20-18(21(3)15-8-9-15)17-7-5-4-6-16(14)17/h4-7,12-13,15,19H,8-11H2,1-3H3. The Morgan fingerprint density at radius 3 is 2.62 bits per heavy atom. The van der Waals surface area contributed by atoms with Gasteiger partial charge in [-0.25, -0.2) is 4.98 Å². The summed E-state index contributed by atoms with van der Waals surface area (Å²) in [5.74, 6) is 1.80. The van der Waals surface area contributed by atoms with Crippen molar-refractivity contribution in [3.8, 4) is 0 Å². The molecule has 21 heavy (non-hydrogen) atoms. The molecule has 0 saturated heterocycles. The van der Waals surface area contributed by atoms with Gasteiger partial charge in [0, 0.05) is 31.2 Å². The third kappa shape index (κ3) is 3.18. The molecule has 0 aliphatic heterocycles. The van der Waals surface area contributed by atoms with E-state index in [1.807, 2.05) is 6.20 Å². The van der Waals surface area contributed by atoms with E-state index in [9.17, 15) is 0 Å². The first-order valence-corrected chi connectivity index (χ1v) is 7.97. The number of nitrogens with zero attached hydrogens (tertiary/aromatic N) is 2. The Hall–Kier alpha value is -1.61. The highest BCUT2D eigenvalue weighted by Gasteiger charge is 2.28. The molecular weight excluding hydrogens is 258 g/mol. The van der Waals surface area contributed by atoms with Crippen LogP contribution in [-0.2, 0) is 6.54 Å². The lowest BCUT2D eigenvalue weighted by molar-refractivity contribution is 0.553. The van der Waals surface area contributed by atoms with Gasteiger partial charge in [-0.3, -0.25) is 0 Å². The molecule has 1 fully saturated rings. The van der Waals surface area contributed by atoms with E-state index in [1.54, 1.807) is 0 Å². The van der Waals surface area contributed by atoms with E-state index in [1.165, 1.54) is 29.2 Å². The Morgan fingerprint density at radius 2 is 1.95 bits per heavy atom. The van der Waals surface area contributed by atoms with Crippen molar-refractivity contribution in [1.29, 1.82) is 0 Å². The SMILES string of the molecule is CC(C)CNCc1cnc(N(C)C2CC2)c2ccccc12. The summed E-state index contributed by atoms with van der Waals surface area (Å²) in [6, 6.07) is 9.33. The van der Waals surface area contributed by atoms with Gasteiger partial charge in [0.05, 0.1) is 0 Å². The molecule has 1 aromatic carbocycles. The molecule has 112 valence electrons. The van der Waals surface area contributed by atoms with Gasteiger partial charge in [0.15, 0.2) is 0 Å². The summed E-state index contributed by atoms with van der Waals surface area (Å²) in [7, 11) is 2.17. The molecule has 3 rings (SSSR count). The van der Waals surface area contributed by atoms with Crippen LogP contribution in [0, 0.1) is 5.92 Å². The van der Waals surface area contributed by atoms with Crippen molar-refractivity contribution in [3.63, 3.8) is 0 Å². The molecule has 1 saturated carbocycles. The number of anilines is 1. The minimum absolute atomic E-state index is 0.671. The zero-order valence-corrected chi connectivity index (χ0v) is 13.3. The number of aromatic nitrogens is 1. The molecule has 1 aliphatic rings. The van der Waals surface area contributed by atoms with Crippen LogP contribution in [-0.4, -0.2) is 24.6 Å². The molecule has 1 aromatic heterocycles. The summed E-state index contributed by atoms with van der Waals surface area (Å²) in [5, 5.41) is 6.12. The summed E-state index contributed by atoms with van der Waals surface area (Å²) in [4.78, 5) is 7.09. The Bertz CT molecular complexity index is 617. The second kappa shape index (κ2) is 6.02. The Labute approximate surface area is 127 Å². The van der Waals surface area contributed by atoms with E-state index in [4.69, 9.17) is 4.98 Å². The fourth-order valence-corrected chi connectivity index (χ4v) is 2.79. The van der Waals surface area contributed by atoms with Gasteiger partial charge in [0.1, 0.15) is 5.82 Å². The van der Waals surface area contributed by atoms with Crippen LogP contribution in [0.5, 0.6) is 0 Å². The fraction of sp³-hybridized carbons (Fsp3) is 0.500. The highest BCUT2D eigenvalue weighted by Crippen LogP contribution is 2.33. The number of hydrogen-bond acceptors (Lipinski definition) is 3. The third-order valence-electron chi connectivity index (χ3n) is 4.15. The third-order valence-corrected chi connectivity index (χ3v) is 4.15. The minimum Gasteiger partial charge on any atom is -0.356 e. The number of nitrogens with one attached hydrogen (secondary N) is 1. The largest absolute Gasteiger partial charge is 0.356 e. The first-order chi connectivity index (χ1) is 10.2. The molecule has 0 atom stereocenters. The van der Waals surface area contributed by atoms with E-state index in [2.05, 4.69) is 55.4 Å². The van der Waals surface area contributed by atoms with Crippen molar-refractivity contribution in [2.75, 3.05) is 18.5 Å². The minimum atomic E-state index is 0.671. The van der Waals surface area contributed by atoms with Crippen molar-refractivity contribution in [1.82, 2.24) is 10.3 Å². The number of fused-ring (bicyclic) bond motifs is 1. The van der Waals surface area contributed by atoms with Crippen LogP contribution < -0.4 is 10.2 Å². The van der Waals surface area contributed by atoms with E-state index in [0.29, 0.717) is 12.0 Å². The fourth-order valence-electron chi connectivity index (χ4n) is 2.79.